The summed E-state index contributed by atoms with van der Waals surface area (Å²) in [6.45, 7) is 1.73. The van der Waals surface area contributed by atoms with Crippen molar-refractivity contribution in [1.29, 1.82) is 0 Å². The normalized spacial score (nSPS) is 19.2. The minimum absolute atomic E-state index is 0.373. The highest BCUT2D eigenvalue weighted by Gasteiger charge is 2.15. The summed E-state index contributed by atoms with van der Waals surface area (Å²) in [6, 6.07) is 3.71. The van der Waals surface area contributed by atoms with Crippen molar-refractivity contribution in [2.24, 2.45) is 5.73 Å². The molecule has 1 unspecified atom stereocenters. The Morgan fingerprint density at radius 2 is 2.53 bits per heavy atom. The van der Waals surface area contributed by atoms with Gasteiger partial charge in [0.05, 0.1) is 11.7 Å². The Balaban J connectivity index is 1.87. The number of hydrogen-bond donors (Lipinski definition) is 2. The fourth-order valence-electron chi connectivity index (χ4n) is 1.97. The van der Waals surface area contributed by atoms with Crippen LogP contribution < -0.4 is 11.1 Å². The van der Waals surface area contributed by atoms with Gasteiger partial charge in [-0.1, -0.05) is 12.2 Å². The smallest absolute Gasteiger partial charge is 0.136 e. The summed E-state index contributed by atoms with van der Waals surface area (Å²) >= 11 is 4.98. The fraction of sp³-hybridized carbons (Fsp3) is 0.500. The zero-order valence-corrected chi connectivity index (χ0v) is 10.5. The lowest BCUT2D eigenvalue weighted by molar-refractivity contribution is 0.107. The minimum Gasteiger partial charge on any atom is -0.389 e. The van der Waals surface area contributed by atoms with Crippen LogP contribution in [0.15, 0.2) is 18.3 Å². The van der Waals surface area contributed by atoms with Crippen molar-refractivity contribution in [3.63, 3.8) is 0 Å². The minimum atomic E-state index is 0.373. The third kappa shape index (κ3) is 3.38. The molecular weight excluding hydrogens is 234 g/mol. The Kier molecular flexibility index (Phi) is 4.28. The lowest BCUT2D eigenvalue weighted by Gasteiger charge is -2.12. The van der Waals surface area contributed by atoms with Gasteiger partial charge in [0.25, 0.3) is 0 Å². The zero-order valence-electron chi connectivity index (χ0n) is 9.69. The molecule has 1 aromatic heterocycles. The van der Waals surface area contributed by atoms with Crippen molar-refractivity contribution >= 4 is 23.0 Å². The van der Waals surface area contributed by atoms with Gasteiger partial charge in [0.15, 0.2) is 0 Å². The average Bonchev–Trinajstić information content (AvgIpc) is 2.82. The Morgan fingerprint density at radius 1 is 1.65 bits per heavy atom. The van der Waals surface area contributed by atoms with Crippen LogP contribution in [0.5, 0.6) is 0 Å². The molecule has 2 rings (SSSR count). The monoisotopic (exact) mass is 251 g/mol. The van der Waals surface area contributed by atoms with Crippen LogP contribution in [0.1, 0.15) is 24.8 Å². The number of nitrogens with two attached hydrogens (primary N) is 1. The van der Waals surface area contributed by atoms with Gasteiger partial charge in [0, 0.05) is 19.3 Å². The molecule has 1 aromatic rings. The van der Waals surface area contributed by atoms with E-state index in [0.717, 1.165) is 37.4 Å². The Labute approximate surface area is 107 Å². The number of pyridine rings is 1. The molecule has 1 fully saturated rings. The van der Waals surface area contributed by atoms with Gasteiger partial charge in [-0.15, -0.1) is 0 Å². The van der Waals surface area contributed by atoms with Crippen LogP contribution >= 0.6 is 12.2 Å². The molecule has 1 saturated heterocycles. The van der Waals surface area contributed by atoms with E-state index in [1.165, 1.54) is 6.42 Å². The largest absolute Gasteiger partial charge is 0.389 e. The highest BCUT2D eigenvalue weighted by atomic mass is 32.1. The summed E-state index contributed by atoms with van der Waals surface area (Å²) in [5, 5.41) is 3.26. The van der Waals surface area contributed by atoms with Crippen LogP contribution in [0.4, 0.5) is 5.82 Å². The number of rotatable bonds is 5. The van der Waals surface area contributed by atoms with Gasteiger partial charge < -0.3 is 15.8 Å². The average molecular weight is 251 g/mol. The van der Waals surface area contributed by atoms with Gasteiger partial charge in [-0.25, -0.2) is 4.98 Å². The standard InChI is InChI=1S/C12H17N3OS/c13-11(17)10-4-1-6-14-12(10)15-7-5-9-3-2-8-16-9/h1,4,6,9H,2-3,5,7-8H2,(H2,13,17)(H,14,15). The van der Waals surface area contributed by atoms with E-state index in [-0.39, 0.29) is 0 Å². The molecule has 3 N–H and O–H groups in total. The predicted molar refractivity (Wildman–Crippen MR) is 72.2 cm³/mol. The van der Waals surface area contributed by atoms with Crippen LogP contribution in [0, 0.1) is 0 Å². The molecule has 1 aliphatic heterocycles. The molecule has 0 radical (unpaired) electrons. The maximum Gasteiger partial charge on any atom is 0.136 e. The molecular formula is C12H17N3OS. The highest BCUT2D eigenvalue weighted by molar-refractivity contribution is 7.80. The molecule has 5 heteroatoms. The maximum atomic E-state index is 5.64. The number of hydrogen-bond acceptors (Lipinski definition) is 4. The van der Waals surface area contributed by atoms with Crippen LogP contribution in [0.3, 0.4) is 0 Å². The maximum absolute atomic E-state index is 5.64. The summed E-state index contributed by atoms with van der Waals surface area (Å²) in [7, 11) is 0. The zero-order chi connectivity index (χ0) is 12.1. The van der Waals surface area contributed by atoms with E-state index in [0.29, 0.717) is 11.1 Å². The third-order valence-corrected chi connectivity index (χ3v) is 3.08. The van der Waals surface area contributed by atoms with Gasteiger partial charge in [-0.05, 0) is 31.4 Å². The lowest BCUT2D eigenvalue weighted by atomic mass is 10.2. The van der Waals surface area contributed by atoms with E-state index in [1.54, 1.807) is 6.20 Å². The van der Waals surface area contributed by atoms with Crippen molar-refractivity contribution < 1.29 is 4.74 Å². The van der Waals surface area contributed by atoms with E-state index in [9.17, 15) is 0 Å². The SMILES string of the molecule is NC(=S)c1cccnc1NCCC1CCCO1. The van der Waals surface area contributed by atoms with Crippen molar-refractivity contribution in [2.75, 3.05) is 18.5 Å². The molecule has 0 aromatic carbocycles. The fourth-order valence-corrected chi connectivity index (χ4v) is 2.13. The van der Waals surface area contributed by atoms with Crippen molar-refractivity contribution in [3.8, 4) is 0 Å². The summed E-state index contributed by atoms with van der Waals surface area (Å²) in [5.74, 6) is 0.762. The van der Waals surface area contributed by atoms with Crippen LogP contribution in [0.2, 0.25) is 0 Å². The topological polar surface area (TPSA) is 60.2 Å². The first kappa shape index (κ1) is 12.3. The van der Waals surface area contributed by atoms with Crippen LogP contribution in [-0.2, 0) is 4.74 Å². The molecule has 17 heavy (non-hydrogen) atoms. The summed E-state index contributed by atoms with van der Waals surface area (Å²) in [4.78, 5) is 4.62. The van der Waals surface area contributed by atoms with E-state index >= 15 is 0 Å². The number of thiocarbonyl (C=S) groups is 1. The lowest BCUT2D eigenvalue weighted by Crippen LogP contribution is -2.17. The highest BCUT2D eigenvalue weighted by Crippen LogP contribution is 2.16. The van der Waals surface area contributed by atoms with Crippen molar-refractivity contribution in [1.82, 2.24) is 4.98 Å². The molecule has 0 saturated carbocycles. The molecule has 1 aliphatic rings. The first-order valence-electron chi connectivity index (χ1n) is 5.87. The molecule has 92 valence electrons. The second-order valence-electron chi connectivity index (χ2n) is 4.11. The van der Waals surface area contributed by atoms with E-state index in [2.05, 4.69) is 10.3 Å². The number of anilines is 1. The molecule has 2 heterocycles. The van der Waals surface area contributed by atoms with Crippen molar-refractivity contribution in [3.05, 3.63) is 23.9 Å². The number of nitrogens with zero attached hydrogens (tertiary/aromatic N) is 1. The number of nitrogens with one attached hydrogen (secondary N) is 1. The molecule has 1 atom stereocenters. The summed E-state index contributed by atoms with van der Waals surface area (Å²) < 4.78 is 5.56. The first-order chi connectivity index (χ1) is 8.27. The van der Waals surface area contributed by atoms with Gasteiger partial charge in [-0.2, -0.15) is 0 Å². The Hall–Kier alpha value is -1.20. The number of ether oxygens (including phenoxy) is 1. The van der Waals surface area contributed by atoms with Crippen LogP contribution in [-0.4, -0.2) is 29.2 Å². The molecule has 0 aliphatic carbocycles. The molecule has 4 nitrogen and oxygen atoms in total. The van der Waals surface area contributed by atoms with Gasteiger partial charge >= 0.3 is 0 Å². The summed E-state index contributed by atoms with van der Waals surface area (Å²) in [6.07, 6.45) is 5.45. The molecule has 0 spiro atoms. The summed E-state index contributed by atoms with van der Waals surface area (Å²) in [5.41, 5.74) is 6.44. The Morgan fingerprint density at radius 3 is 3.24 bits per heavy atom. The van der Waals surface area contributed by atoms with Gasteiger partial charge in [0.2, 0.25) is 0 Å². The quantitative estimate of drug-likeness (QED) is 0.780. The Bertz CT molecular complexity index is 391. The second kappa shape index (κ2) is 5.93. The van der Waals surface area contributed by atoms with Crippen molar-refractivity contribution in [2.45, 2.75) is 25.4 Å². The third-order valence-electron chi connectivity index (χ3n) is 2.86. The van der Waals surface area contributed by atoms with E-state index in [1.807, 2.05) is 12.1 Å². The van der Waals surface area contributed by atoms with Crippen LogP contribution in [0.25, 0.3) is 0 Å². The van der Waals surface area contributed by atoms with Gasteiger partial charge in [0.1, 0.15) is 10.8 Å². The number of aromatic nitrogens is 1. The van der Waals surface area contributed by atoms with E-state index in [4.69, 9.17) is 22.7 Å². The predicted octanol–water partition coefficient (Wildman–Crippen LogP) is 1.70. The van der Waals surface area contributed by atoms with Gasteiger partial charge in [-0.3, -0.25) is 0 Å². The van der Waals surface area contributed by atoms with E-state index < -0.39 is 0 Å². The molecule has 0 bridgehead atoms. The second-order valence-corrected chi connectivity index (χ2v) is 4.55. The first-order valence-corrected chi connectivity index (χ1v) is 6.28. The molecule has 0 amide bonds.